The first-order chi connectivity index (χ1) is 15.1. The van der Waals surface area contributed by atoms with Crippen LogP contribution in [0.5, 0.6) is 0 Å². The topological polar surface area (TPSA) is 72.7 Å². The molecule has 1 N–H and O–H groups in total. The lowest BCUT2D eigenvalue weighted by atomic mass is 10.0. The maximum absolute atomic E-state index is 12.8. The molecule has 0 aliphatic rings. The molecule has 4 rings (SSSR count). The highest BCUT2D eigenvalue weighted by atomic mass is 32.1. The van der Waals surface area contributed by atoms with E-state index in [1.54, 1.807) is 24.7 Å². The number of thiazole rings is 1. The summed E-state index contributed by atoms with van der Waals surface area (Å²) in [7, 11) is 0. The fourth-order valence-corrected chi connectivity index (χ4v) is 3.92. The van der Waals surface area contributed by atoms with Gasteiger partial charge in [-0.05, 0) is 59.5 Å². The summed E-state index contributed by atoms with van der Waals surface area (Å²) >= 11 is 1.40. The van der Waals surface area contributed by atoms with Crippen LogP contribution < -0.4 is 5.32 Å². The summed E-state index contributed by atoms with van der Waals surface area (Å²) < 4.78 is 1.91. The van der Waals surface area contributed by atoms with Crippen LogP contribution >= 0.6 is 11.3 Å². The number of hydrogen-bond acceptors (Lipinski definition) is 5. The molecular formula is C24H23N5OS. The predicted octanol–water partition coefficient (Wildman–Crippen LogP) is 5.33. The van der Waals surface area contributed by atoms with E-state index in [2.05, 4.69) is 40.2 Å². The van der Waals surface area contributed by atoms with Gasteiger partial charge in [0, 0.05) is 36.7 Å². The van der Waals surface area contributed by atoms with Crippen LogP contribution in [0, 0.1) is 0 Å². The number of carbonyl (C=O) groups excluding carboxylic acids is 1. The summed E-state index contributed by atoms with van der Waals surface area (Å²) in [5.74, 6) is 0.206. The summed E-state index contributed by atoms with van der Waals surface area (Å²) in [6.45, 7) is 4.90. The van der Waals surface area contributed by atoms with E-state index in [1.807, 2.05) is 52.6 Å². The molecule has 0 spiro atoms. The van der Waals surface area contributed by atoms with Crippen molar-refractivity contribution in [2.24, 2.45) is 0 Å². The van der Waals surface area contributed by atoms with Crippen LogP contribution in [-0.4, -0.2) is 25.4 Å². The summed E-state index contributed by atoms with van der Waals surface area (Å²) in [6.07, 6.45) is 11.1. The Kier molecular flexibility index (Phi) is 6.33. The molecule has 0 radical (unpaired) electrons. The molecule has 4 heterocycles. The molecule has 0 saturated heterocycles. The number of anilines is 1. The molecule has 0 aliphatic heterocycles. The second-order valence-corrected chi connectivity index (χ2v) is 8.23. The lowest BCUT2D eigenvalue weighted by Crippen LogP contribution is -2.17. The van der Waals surface area contributed by atoms with Crippen LogP contribution in [0.3, 0.4) is 0 Å². The van der Waals surface area contributed by atoms with Crippen molar-refractivity contribution in [2.45, 2.75) is 26.3 Å². The van der Waals surface area contributed by atoms with Gasteiger partial charge in [0.1, 0.15) is 5.69 Å². The molecule has 0 atom stereocenters. The average molecular weight is 430 g/mol. The summed E-state index contributed by atoms with van der Waals surface area (Å²) in [6, 6.07) is 11.6. The zero-order valence-corrected chi connectivity index (χ0v) is 18.2. The Morgan fingerprint density at radius 2 is 1.97 bits per heavy atom. The Balaban J connectivity index is 1.44. The van der Waals surface area contributed by atoms with Crippen LogP contribution in [0.2, 0.25) is 0 Å². The highest BCUT2D eigenvalue weighted by Crippen LogP contribution is 2.21. The number of amides is 1. The zero-order chi connectivity index (χ0) is 21.6. The average Bonchev–Trinajstić information content (AvgIpc) is 3.42. The Morgan fingerprint density at radius 1 is 1.13 bits per heavy atom. The normalized spacial score (nSPS) is 11.3. The van der Waals surface area contributed by atoms with Gasteiger partial charge in [0.15, 0.2) is 5.13 Å². The predicted molar refractivity (Wildman–Crippen MR) is 125 cm³/mol. The lowest BCUT2D eigenvalue weighted by Gasteiger charge is -2.08. The van der Waals surface area contributed by atoms with E-state index in [4.69, 9.17) is 0 Å². The van der Waals surface area contributed by atoms with Crippen LogP contribution in [-0.2, 0) is 6.54 Å². The molecule has 0 unspecified atom stereocenters. The molecule has 31 heavy (non-hydrogen) atoms. The third kappa shape index (κ3) is 5.13. The van der Waals surface area contributed by atoms with Gasteiger partial charge < -0.3 is 4.57 Å². The minimum Gasteiger partial charge on any atom is -0.339 e. The summed E-state index contributed by atoms with van der Waals surface area (Å²) in [4.78, 5) is 25.8. The number of nitrogens with zero attached hydrogens (tertiary/aromatic N) is 4. The monoisotopic (exact) mass is 429 g/mol. The Labute approximate surface area is 185 Å². The quantitative estimate of drug-likeness (QED) is 0.431. The Morgan fingerprint density at radius 3 is 2.77 bits per heavy atom. The van der Waals surface area contributed by atoms with E-state index in [0.717, 1.165) is 17.0 Å². The van der Waals surface area contributed by atoms with Crippen molar-refractivity contribution in [3.8, 4) is 0 Å². The second-order valence-electron chi connectivity index (χ2n) is 7.37. The minimum absolute atomic E-state index is 0.184. The van der Waals surface area contributed by atoms with Gasteiger partial charge >= 0.3 is 0 Å². The third-order valence-corrected chi connectivity index (χ3v) is 5.59. The highest BCUT2D eigenvalue weighted by Gasteiger charge is 2.13. The van der Waals surface area contributed by atoms with E-state index in [9.17, 15) is 4.79 Å². The molecule has 4 aromatic heterocycles. The standard InChI is InChI=1S/C24H23N5OS/c1-17(2)20-5-3-11-26-21(20)8-7-19-16-31-24(27-19)28-23(30)22-6-4-14-29(22)15-18-9-12-25-13-10-18/h3-14,16-17H,15H2,1-2H3,(H,27,28,30). The van der Waals surface area contributed by atoms with Gasteiger partial charge in [0.2, 0.25) is 0 Å². The minimum atomic E-state index is -0.184. The van der Waals surface area contributed by atoms with Crippen LogP contribution in [0.1, 0.15) is 52.8 Å². The van der Waals surface area contributed by atoms with Gasteiger partial charge in [-0.3, -0.25) is 20.1 Å². The molecule has 1 amide bonds. The smallest absolute Gasteiger partial charge is 0.274 e. The number of carbonyl (C=O) groups is 1. The van der Waals surface area contributed by atoms with Crippen molar-refractivity contribution < 1.29 is 4.79 Å². The van der Waals surface area contributed by atoms with E-state index in [0.29, 0.717) is 23.3 Å². The highest BCUT2D eigenvalue weighted by molar-refractivity contribution is 7.14. The molecule has 0 aromatic carbocycles. The van der Waals surface area contributed by atoms with Crippen LogP contribution in [0.25, 0.3) is 12.2 Å². The van der Waals surface area contributed by atoms with Gasteiger partial charge in [0.25, 0.3) is 5.91 Å². The first-order valence-electron chi connectivity index (χ1n) is 10.0. The van der Waals surface area contributed by atoms with Crippen molar-refractivity contribution >= 4 is 34.5 Å². The molecule has 7 heteroatoms. The first kappa shape index (κ1) is 20.7. The Bertz CT molecular complexity index is 1190. The number of pyridine rings is 2. The Hall–Kier alpha value is -3.58. The van der Waals surface area contributed by atoms with Gasteiger partial charge in [-0.2, -0.15) is 0 Å². The van der Waals surface area contributed by atoms with Crippen molar-refractivity contribution in [3.05, 3.63) is 94.8 Å². The largest absolute Gasteiger partial charge is 0.339 e. The van der Waals surface area contributed by atoms with Crippen LogP contribution in [0.15, 0.2) is 66.6 Å². The van der Waals surface area contributed by atoms with Crippen molar-refractivity contribution in [3.63, 3.8) is 0 Å². The number of rotatable bonds is 7. The maximum atomic E-state index is 12.8. The van der Waals surface area contributed by atoms with E-state index < -0.39 is 0 Å². The molecular weight excluding hydrogens is 406 g/mol. The summed E-state index contributed by atoms with van der Waals surface area (Å²) in [5.41, 5.74) is 4.58. The maximum Gasteiger partial charge on any atom is 0.274 e. The molecule has 0 fully saturated rings. The van der Waals surface area contributed by atoms with Crippen LogP contribution in [0.4, 0.5) is 5.13 Å². The summed E-state index contributed by atoms with van der Waals surface area (Å²) in [5, 5.41) is 5.38. The molecule has 0 saturated carbocycles. The molecule has 0 bridgehead atoms. The number of hydrogen-bond donors (Lipinski definition) is 1. The fraction of sp³-hybridized carbons (Fsp3) is 0.167. The van der Waals surface area contributed by atoms with Gasteiger partial charge in [-0.25, -0.2) is 4.98 Å². The van der Waals surface area contributed by atoms with E-state index in [-0.39, 0.29) is 5.91 Å². The molecule has 6 nitrogen and oxygen atoms in total. The van der Waals surface area contributed by atoms with E-state index in [1.165, 1.54) is 16.9 Å². The second kappa shape index (κ2) is 9.49. The van der Waals surface area contributed by atoms with Crippen molar-refractivity contribution in [2.75, 3.05) is 5.32 Å². The lowest BCUT2D eigenvalue weighted by molar-refractivity contribution is 0.101. The molecule has 156 valence electrons. The first-order valence-corrected chi connectivity index (χ1v) is 10.9. The van der Waals surface area contributed by atoms with Crippen molar-refractivity contribution in [1.82, 2.24) is 19.5 Å². The number of nitrogens with one attached hydrogen (secondary N) is 1. The van der Waals surface area contributed by atoms with Crippen molar-refractivity contribution in [1.29, 1.82) is 0 Å². The van der Waals surface area contributed by atoms with Gasteiger partial charge in [0.05, 0.1) is 11.4 Å². The third-order valence-electron chi connectivity index (χ3n) is 4.81. The fourth-order valence-electron chi connectivity index (χ4n) is 3.25. The SMILES string of the molecule is CC(C)c1cccnc1C=Cc1csc(NC(=O)c2cccn2Cc2ccncc2)n1. The van der Waals surface area contributed by atoms with E-state index >= 15 is 0 Å². The molecule has 0 aliphatic carbocycles. The van der Waals surface area contributed by atoms with Gasteiger partial charge in [-0.1, -0.05) is 19.9 Å². The molecule has 4 aromatic rings. The number of aromatic nitrogens is 4. The van der Waals surface area contributed by atoms with Gasteiger partial charge in [-0.15, -0.1) is 11.3 Å². The zero-order valence-electron chi connectivity index (χ0n) is 17.4.